The van der Waals surface area contributed by atoms with Crippen LogP contribution in [0.4, 0.5) is 0 Å². The van der Waals surface area contributed by atoms with Gasteiger partial charge >= 0.3 is 0 Å². The van der Waals surface area contributed by atoms with Crippen molar-refractivity contribution < 1.29 is 9.84 Å². The van der Waals surface area contributed by atoms with Gasteiger partial charge in [0.15, 0.2) is 0 Å². The normalized spacial score (nSPS) is 10.1. The summed E-state index contributed by atoms with van der Waals surface area (Å²) in [6.07, 6.45) is 0. The zero-order valence-electron chi connectivity index (χ0n) is 8.77. The number of hydrogen-bond acceptors (Lipinski definition) is 2. The minimum absolute atomic E-state index is 0.0197. The lowest BCUT2D eigenvalue weighted by Crippen LogP contribution is -1.84. The van der Waals surface area contributed by atoms with Gasteiger partial charge in [0.25, 0.3) is 0 Å². The Bertz CT molecular complexity index is 492. The Balaban J connectivity index is 2.20. The summed E-state index contributed by atoms with van der Waals surface area (Å²) in [7, 11) is 0. The zero-order chi connectivity index (χ0) is 11.5. The number of phenolic OH excluding ortho intramolecular Hbond substituents is 1. The van der Waals surface area contributed by atoms with Gasteiger partial charge in [0.1, 0.15) is 17.2 Å². The fourth-order valence-electron chi connectivity index (χ4n) is 1.30. The van der Waals surface area contributed by atoms with Crippen molar-refractivity contribution >= 4 is 11.6 Å². The van der Waals surface area contributed by atoms with Gasteiger partial charge in [-0.25, -0.2) is 0 Å². The molecule has 0 saturated heterocycles. The molecule has 2 aromatic rings. The van der Waals surface area contributed by atoms with E-state index in [1.54, 1.807) is 12.1 Å². The fourth-order valence-corrected chi connectivity index (χ4v) is 1.42. The van der Waals surface area contributed by atoms with Crippen LogP contribution in [0.5, 0.6) is 17.2 Å². The molecule has 0 unspecified atom stereocenters. The predicted octanol–water partition coefficient (Wildman–Crippen LogP) is 4.15. The average molecular weight is 235 g/mol. The Kier molecular flexibility index (Phi) is 3.02. The first-order valence-corrected chi connectivity index (χ1v) is 5.26. The number of hydrogen-bond donors (Lipinski definition) is 1. The van der Waals surface area contributed by atoms with Gasteiger partial charge in [0, 0.05) is 6.07 Å². The van der Waals surface area contributed by atoms with Gasteiger partial charge in [-0.3, -0.25) is 0 Å². The molecule has 3 heteroatoms. The Morgan fingerprint density at radius 3 is 2.25 bits per heavy atom. The first-order valence-electron chi connectivity index (χ1n) is 4.88. The summed E-state index contributed by atoms with van der Waals surface area (Å²) in [6, 6.07) is 12.5. The highest BCUT2D eigenvalue weighted by atomic mass is 35.5. The molecule has 1 N–H and O–H groups in total. The average Bonchev–Trinajstić information content (AvgIpc) is 2.27. The molecule has 0 aliphatic heterocycles. The van der Waals surface area contributed by atoms with Gasteiger partial charge < -0.3 is 9.84 Å². The number of aryl methyl sites for hydroxylation is 1. The molecule has 0 fully saturated rings. The molecule has 0 bridgehead atoms. The molecule has 0 aromatic heterocycles. The third-order valence-corrected chi connectivity index (χ3v) is 2.49. The van der Waals surface area contributed by atoms with E-state index >= 15 is 0 Å². The molecule has 16 heavy (non-hydrogen) atoms. The van der Waals surface area contributed by atoms with Gasteiger partial charge in [0.05, 0.1) is 5.02 Å². The molecule has 0 amide bonds. The van der Waals surface area contributed by atoms with E-state index in [1.807, 2.05) is 31.2 Å². The number of phenols is 1. The molecule has 2 nitrogen and oxygen atoms in total. The third-order valence-electron chi connectivity index (χ3n) is 2.17. The minimum Gasteiger partial charge on any atom is -0.506 e. The number of rotatable bonds is 2. The van der Waals surface area contributed by atoms with Crippen LogP contribution in [-0.4, -0.2) is 5.11 Å². The lowest BCUT2D eigenvalue weighted by Gasteiger charge is -2.06. The molecule has 0 spiro atoms. The highest BCUT2D eigenvalue weighted by Gasteiger charge is 2.01. The smallest absolute Gasteiger partial charge is 0.137 e. The molecule has 2 aromatic carbocycles. The summed E-state index contributed by atoms with van der Waals surface area (Å²) < 4.78 is 5.55. The lowest BCUT2D eigenvalue weighted by atomic mass is 10.2. The van der Waals surface area contributed by atoms with Gasteiger partial charge in [-0.05, 0) is 31.2 Å². The Hall–Kier alpha value is -1.67. The van der Waals surface area contributed by atoms with E-state index in [1.165, 1.54) is 11.6 Å². The van der Waals surface area contributed by atoms with Crippen LogP contribution in [0.25, 0.3) is 0 Å². The van der Waals surface area contributed by atoms with Gasteiger partial charge in [-0.15, -0.1) is 0 Å². The van der Waals surface area contributed by atoms with Crippen LogP contribution < -0.4 is 4.74 Å². The van der Waals surface area contributed by atoms with Crippen molar-refractivity contribution in [3.05, 3.63) is 53.1 Å². The van der Waals surface area contributed by atoms with Crippen molar-refractivity contribution in [3.63, 3.8) is 0 Å². The van der Waals surface area contributed by atoms with E-state index in [2.05, 4.69) is 0 Å². The topological polar surface area (TPSA) is 29.5 Å². The quantitative estimate of drug-likeness (QED) is 0.846. The van der Waals surface area contributed by atoms with Crippen LogP contribution in [0.15, 0.2) is 42.5 Å². The Morgan fingerprint density at radius 2 is 1.62 bits per heavy atom. The molecule has 0 aliphatic rings. The van der Waals surface area contributed by atoms with Crippen LogP contribution in [0.1, 0.15) is 5.56 Å². The van der Waals surface area contributed by atoms with Crippen LogP contribution in [0.2, 0.25) is 5.02 Å². The van der Waals surface area contributed by atoms with E-state index < -0.39 is 0 Å². The molecular weight excluding hydrogens is 224 g/mol. The second-order valence-corrected chi connectivity index (χ2v) is 3.94. The maximum atomic E-state index is 9.41. The van der Waals surface area contributed by atoms with Crippen LogP contribution in [0, 0.1) is 6.92 Å². The van der Waals surface area contributed by atoms with E-state index in [-0.39, 0.29) is 5.75 Å². The van der Waals surface area contributed by atoms with Crippen molar-refractivity contribution in [2.24, 2.45) is 0 Å². The van der Waals surface area contributed by atoms with Gasteiger partial charge in [-0.2, -0.15) is 0 Å². The SMILES string of the molecule is Cc1ccc(Oc2ccc(Cl)c(O)c2)cc1. The lowest BCUT2D eigenvalue weighted by molar-refractivity contribution is 0.455. The van der Waals surface area contributed by atoms with Gasteiger partial charge in [0.2, 0.25) is 0 Å². The van der Waals surface area contributed by atoms with E-state index in [0.717, 1.165) is 5.75 Å². The van der Waals surface area contributed by atoms with Crippen molar-refractivity contribution in [1.29, 1.82) is 0 Å². The summed E-state index contributed by atoms with van der Waals surface area (Å²) in [5, 5.41) is 9.73. The first-order chi connectivity index (χ1) is 7.65. The van der Waals surface area contributed by atoms with Crippen LogP contribution >= 0.6 is 11.6 Å². The standard InChI is InChI=1S/C13H11ClO2/c1-9-2-4-10(5-3-9)16-11-6-7-12(14)13(15)8-11/h2-8,15H,1H3. The van der Waals surface area contributed by atoms with Crippen LogP contribution in [0.3, 0.4) is 0 Å². The predicted molar refractivity (Wildman–Crippen MR) is 64.4 cm³/mol. The number of aromatic hydroxyl groups is 1. The summed E-state index contributed by atoms with van der Waals surface area (Å²) in [4.78, 5) is 0. The van der Waals surface area contributed by atoms with E-state index in [4.69, 9.17) is 16.3 Å². The number of benzene rings is 2. The maximum Gasteiger partial charge on any atom is 0.137 e. The molecule has 2 rings (SSSR count). The largest absolute Gasteiger partial charge is 0.506 e. The summed E-state index contributed by atoms with van der Waals surface area (Å²) in [5.41, 5.74) is 1.17. The van der Waals surface area contributed by atoms with Crippen molar-refractivity contribution in [1.82, 2.24) is 0 Å². The molecule has 0 atom stereocenters. The highest BCUT2D eigenvalue weighted by Crippen LogP contribution is 2.30. The summed E-state index contributed by atoms with van der Waals surface area (Å²) in [6.45, 7) is 2.01. The molecule has 0 radical (unpaired) electrons. The molecular formula is C13H11ClO2. The fraction of sp³-hybridized carbons (Fsp3) is 0.0769. The number of halogens is 1. The monoisotopic (exact) mass is 234 g/mol. The summed E-state index contributed by atoms with van der Waals surface area (Å²) >= 11 is 5.70. The molecule has 0 aliphatic carbocycles. The molecule has 0 heterocycles. The van der Waals surface area contributed by atoms with E-state index in [0.29, 0.717) is 10.8 Å². The Labute approximate surface area is 99.1 Å². The van der Waals surface area contributed by atoms with Crippen molar-refractivity contribution in [2.45, 2.75) is 6.92 Å². The zero-order valence-corrected chi connectivity index (χ0v) is 9.53. The highest BCUT2D eigenvalue weighted by molar-refractivity contribution is 6.32. The second kappa shape index (κ2) is 4.45. The summed E-state index contributed by atoms with van der Waals surface area (Å²) in [5.74, 6) is 1.31. The van der Waals surface area contributed by atoms with Crippen molar-refractivity contribution in [2.75, 3.05) is 0 Å². The third kappa shape index (κ3) is 2.47. The Morgan fingerprint density at radius 1 is 1.00 bits per heavy atom. The first kappa shape index (κ1) is 10.8. The van der Waals surface area contributed by atoms with Gasteiger partial charge in [-0.1, -0.05) is 29.3 Å². The maximum absolute atomic E-state index is 9.41. The van der Waals surface area contributed by atoms with E-state index in [9.17, 15) is 5.11 Å². The van der Waals surface area contributed by atoms with Crippen molar-refractivity contribution in [3.8, 4) is 17.2 Å². The second-order valence-electron chi connectivity index (χ2n) is 3.53. The molecule has 0 saturated carbocycles. The minimum atomic E-state index is 0.0197. The van der Waals surface area contributed by atoms with Crippen LogP contribution in [-0.2, 0) is 0 Å². The number of ether oxygens (including phenoxy) is 1. The molecule has 82 valence electrons.